The first-order chi connectivity index (χ1) is 10.1. The van der Waals surface area contributed by atoms with Gasteiger partial charge in [0.25, 0.3) is 5.91 Å². The Morgan fingerprint density at radius 2 is 1.81 bits per heavy atom. The number of hydrogen-bond donors (Lipinski definition) is 2. The predicted molar refractivity (Wildman–Crippen MR) is 82.7 cm³/mol. The van der Waals surface area contributed by atoms with Gasteiger partial charge in [0.2, 0.25) is 0 Å². The topological polar surface area (TPSA) is 62.0 Å². The Morgan fingerprint density at radius 3 is 2.57 bits per heavy atom. The summed E-state index contributed by atoms with van der Waals surface area (Å²) in [6.45, 7) is 1.50. The van der Waals surface area contributed by atoms with Crippen molar-refractivity contribution in [1.29, 1.82) is 0 Å². The molecular weight excluding hydrogens is 264 g/mol. The Bertz CT molecular complexity index is 800. The maximum atomic E-state index is 12.2. The zero-order valence-corrected chi connectivity index (χ0v) is 11.5. The molecule has 2 aromatic carbocycles. The van der Waals surface area contributed by atoms with Crippen LogP contribution in [0.15, 0.2) is 54.6 Å². The third-order valence-electron chi connectivity index (χ3n) is 3.30. The number of carbonyl (C=O) groups excluding carboxylic acids is 2. The third kappa shape index (κ3) is 2.69. The van der Waals surface area contributed by atoms with Crippen molar-refractivity contribution in [3.8, 4) is 0 Å². The van der Waals surface area contributed by atoms with Gasteiger partial charge in [0.15, 0.2) is 5.78 Å². The van der Waals surface area contributed by atoms with E-state index < -0.39 is 0 Å². The van der Waals surface area contributed by atoms with E-state index >= 15 is 0 Å². The molecule has 1 amide bonds. The Labute approximate surface area is 121 Å². The second-order valence-corrected chi connectivity index (χ2v) is 4.86. The number of Topliss-reactive ketones (excluding diaryl/α,β-unsaturated/α-hetero) is 1. The predicted octanol–water partition coefficient (Wildman–Crippen LogP) is 3.62. The molecular formula is C17H14N2O2. The van der Waals surface area contributed by atoms with Gasteiger partial charge in [0.05, 0.1) is 0 Å². The van der Waals surface area contributed by atoms with Crippen molar-refractivity contribution in [2.75, 3.05) is 5.32 Å². The highest BCUT2D eigenvalue weighted by atomic mass is 16.2. The normalized spacial score (nSPS) is 10.5. The molecule has 3 aromatic rings. The van der Waals surface area contributed by atoms with Gasteiger partial charge < -0.3 is 10.3 Å². The van der Waals surface area contributed by atoms with Crippen LogP contribution in [0, 0.1) is 0 Å². The molecule has 21 heavy (non-hydrogen) atoms. The Hall–Kier alpha value is -2.88. The van der Waals surface area contributed by atoms with Crippen LogP contribution >= 0.6 is 0 Å². The zero-order chi connectivity index (χ0) is 14.8. The van der Waals surface area contributed by atoms with Gasteiger partial charge in [-0.1, -0.05) is 30.3 Å². The van der Waals surface area contributed by atoms with Gasteiger partial charge in [-0.25, -0.2) is 0 Å². The van der Waals surface area contributed by atoms with E-state index in [0.29, 0.717) is 16.9 Å². The molecule has 0 atom stereocenters. The van der Waals surface area contributed by atoms with Gasteiger partial charge in [0.1, 0.15) is 5.69 Å². The van der Waals surface area contributed by atoms with E-state index in [9.17, 15) is 9.59 Å². The van der Waals surface area contributed by atoms with Crippen LogP contribution < -0.4 is 5.32 Å². The minimum atomic E-state index is -0.230. The summed E-state index contributed by atoms with van der Waals surface area (Å²) in [7, 11) is 0. The molecule has 1 aromatic heterocycles. The standard InChI is InChI=1S/C17H14N2O2/c1-11(20)12-6-4-7-14(9-12)18-17(21)16-10-13-5-2-3-8-15(13)19-16/h2-10,19H,1H3,(H,18,21). The van der Waals surface area contributed by atoms with E-state index in [4.69, 9.17) is 0 Å². The number of hydrogen-bond acceptors (Lipinski definition) is 2. The zero-order valence-electron chi connectivity index (χ0n) is 11.5. The van der Waals surface area contributed by atoms with Gasteiger partial charge >= 0.3 is 0 Å². The van der Waals surface area contributed by atoms with Crippen LogP contribution in [0.1, 0.15) is 27.8 Å². The van der Waals surface area contributed by atoms with Crippen molar-refractivity contribution in [3.63, 3.8) is 0 Å². The molecule has 0 saturated heterocycles. The van der Waals surface area contributed by atoms with E-state index in [0.717, 1.165) is 10.9 Å². The first kappa shape index (κ1) is 13.1. The lowest BCUT2D eigenvalue weighted by Crippen LogP contribution is -2.12. The third-order valence-corrected chi connectivity index (χ3v) is 3.30. The summed E-state index contributed by atoms with van der Waals surface area (Å²) < 4.78 is 0. The van der Waals surface area contributed by atoms with E-state index in [1.54, 1.807) is 30.3 Å². The Balaban J connectivity index is 1.85. The monoisotopic (exact) mass is 278 g/mol. The quantitative estimate of drug-likeness (QED) is 0.719. The lowest BCUT2D eigenvalue weighted by Gasteiger charge is -2.05. The molecule has 0 spiro atoms. The molecule has 1 heterocycles. The van der Waals surface area contributed by atoms with Crippen LogP contribution in [0.5, 0.6) is 0 Å². The largest absolute Gasteiger partial charge is 0.351 e. The van der Waals surface area contributed by atoms with Crippen LogP contribution in [0.2, 0.25) is 0 Å². The molecule has 4 nitrogen and oxygen atoms in total. The van der Waals surface area contributed by atoms with Crippen molar-refractivity contribution < 1.29 is 9.59 Å². The number of fused-ring (bicyclic) bond motifs is 1. The lowest BCUT2D eigenvalue weighted by atomic mass is 10.1. The first-order valence-corrected chi connectivity index (χ1v) is 6.63. The van der Waals surface area contributed by atoms with Crippen LogP contribution in [0.4, 0.5) is 5.69 Å². The fourth-order valence-electron chi connectivity index (χ4n) is 2.21. The fourth-order valence-corrected chi connectivity index (χ4v) is 2.21. The average Bonchev–Trinajstić information content (AvgIpc) is 2.91. The molecule has 0 unspecified atom stereocenters. The van der Waals surface area contributed by atoms with Gasteiger partial charge in [-0.2, -0.15) is 0 Å². The molecule has 104 valence electrons. The van der Waals surface area contributed by atoms with Gasteiger partial charge in [-0.3, -0.25) is 9.59 Å². The summed E-state index contributed by atoms with van der Waals surface area (Å²) in [5.41, 5.74) is 2.58. The maximum absolute atomic E-state index is 12.2. The van der Waals surface area contributed by atoms with Crippen LogP contribution in [0.3, 0.4) is 0 Å². The van der Waals surface area contributed by atoms with Crippen LogP contribution in [0.25, 0.3) is 10.9 Å². The van der Waals surface area contributed by atoms with Crippen molar-refractivity contribution in [2.24, 2.45) is 0 Å². The molecule has 4 heteroatoms. The molecule has 0 aliphatic rings. The number of H-pyrrole nitrogens is 1. The average molecular weight is 278 g/mol. The van der Waals surface area contributed by atoms with Crippen LogP contribution in [-0.4, -0.2) is 16.7 Å². The summed E-state index contributed by atoms with van der Waals surface area (Å²) in [5.74, 6) is -0.261. The summed E-state index contributed by atoms with van der Waals surface area (Å²) in [6, 6.07) is 16.4. The van der Waals surface area contributed by atoms with Gasteiger partial charge in [0, 0.05) is 22.2 Å². The van der Waals surface area contributed by atoms with Gasteiger partial charge in [-0.15, -0.1) is 0 Å². The Kier molecular flexibility index (Phi) is 3.28. The number of nitrogens with one attached hydrogen (secondary N) is 2. The van der Waals surface area contributed by atoms with Crippen molar-refractivity contribution in [3.05, 3.63) is 65.9 Å². The first-order valence-electron chi connectivity index (χ1n) is 6.63. The van der Waals surface area contributed by atoms with Crippen molar-refractivity contribution in [2.45, 2.75) is 6.92 Å². The summed E-state index contributed by atoms with van der Waals surface area (Å²) in [5, 5.41) is 3.78. The lowest BCUT2D eigenvalue weighted by molar-refractivity contribution is 0.100. The number of benzene rings is 2. The smallest absolute Gasteiger partial charge is 0.272 e. The minimum Gasteiger partial charge on any atom is -0.351 e. The fraction of sp³-hybridized carbons (Fsp3) is 0.0588. The van der Waals surface area contributed by atoms with Crippen molar-refractivity contribution >= 4 is 28.3 Å². The van der Waals surface area contributed by atoms with E-state index in [1.165, 1.54) is 6.92 Å². The molecule has 3 rings (SSSR count). The second kappa shape index (κ2) is 5.25. The SMILES string of the molecule is CC(=O)c1cccc(NC(=O)c2cc3ccccc3[nH]2)c1. The van der Waals surface area contributed by atoms with E-state index in [2.05, 4.69) is 10.3 Å². The highest BCUT2D eigenvalue weighted by Crippen LogP contribution is 2.17. The number of amides is 1. The van der Waals surface area contributed by atoms with E-state index in [-0.39, 0.29) is 11.7 Å². The number of aromatic nitrogens is 1. The number of rotatable bonds is 3. The van der Waals surface area contributed by atoms with Gasteiger partial charge in [-0.05, 0) is 31.2 Å². The molecule has 2 N–H and O–H groups in total. The molecule has 0 bridgehead atoms. The maximum Gasteiger partial charge on any atom is 0.272 e. The molecule has 0 saturated carbocycles. The summed E-state index contributed by atoms with van der Waals surface area (Å²) >= 11 is 0. The summed E-state index contributed by atoms with van der Waals surface area (Å²) in [4.78, 5) is 26.7. The number of aromatic amines is 1. The Morgan fingerprint density at radius 1 is 1.00 bits per heavy atom. The van der Waals surface area contributed by atoms with Crippen molar-refractivity contribution in [1.82, 2.24) is 4.98 Å². The highest BCUT2D eigenvalue weighted by molar-refractivity contribution is 6.06. The second-order valence-electron chi connectivity index (χ2n) is 4.86. The number of ketones is 1. The number of carbonyl (C=O) groups is 2. The molecule has 0 aliphatic carbocycles. The highest BCUT2D eigenvalue weighted by Gasteiger charge is 2.10. The molecule has 0 radical (unpaired) electrons. The summed E-state index contributed by atoms with van der Waals surface area (Å²) in [6.07, 6.45) is 0. The van der Waals surface area contributed by atoms with Crippen LogP contribution in [-0.2, 0) is 0 Å². The minimum absolute atomic E-state index is 0.0308. The molecule has 0 fully saturated rings. The molecule has 0 aliphatic heterocycles. The van der Waals surface area contributed by atoms with E-state index in [1.807, 2.05) is 24.3 Å². The number of anilines is 1. The number of para-hydroxylation sites is 1.